The summed E-state index contributed by atoms with van der Waals surface area (Å²) in [7, 11) is 0. The van der Waals surface area contributed by atoms with E-state index in [0.717, 1.165) is 24.5 Å². The van der Waals surface area contributed by atoms with Gasteiger partial charge in [-0.05, 0) is 13.3 Å². The van der Waals surface area contributed by atoms with Crippen LogP contribution >= 0.6 is 11.6 Å². The molecule has 0 aromatic carbocycles. The molecule has 5 nitrogen and oxygen atoms in total. The quantitative estimate of drug-likeness (QED) is 0.705. The lowest BCUT2D eigenvalue weighted by Gasteiger charge is -2.41. The molecule has 2 aliphatic rings. The highest BCUT2D eigenvalue weighted by molar-refractivity contribution is 6.29. The Bertz CT molecular complexity index is 441. The average Bonchev–Trinajstić information content (AvgIpc) is 2.53. The Morgan fingerprint density at radius 1 is 1.62 bits per heavy atom. The molecule has 2 unspecified atom stereocenters. The van der Waals surface area contributed by atoms with Crippen molar-refractivity contribution in [3.05, 3.63) is 11.2 Å². The van der Waals surface area contributed by atoms with Crippen LogP contribution in [0.1, 0.15) is 13.3 Å². The Hall–Kier alpha value is -1.07. The second kappa shape index (κ2) is 3.21. The van der Waals surface area contributed by atoms with Gasteiger partial charge in [0, 0.05) is 19.2 Å². The highest BCUT2D eigenvalue weighted by atomic mass is 35.5. The topological polar surface area (TPSA) is 61.3 Å². The van der Waals surface area contributed by atoms with Crippen LogP contribution in [0.15, 0.2) is 6.07 Å². The van der Waals surface area contributed by atoms with Gasteiger partial charge in [0.05, 0.1) is 17.3 Å². The SMILES string of the molecule is CC12CNc3nnc(Cl)cc3N1CC(O)C2. The number of β-amino-alcohol motifs (C(OH)–C–C–N with tert-alkyl or cyclic N) is 1. The molecule has 2 atom stereocenters. The fourth-order valence-corrected chi connectivity index (χ4v) is 2.78. The van der Waals surface area contributed by atoms with Crippen LogP contribution in [0, 0.1) is 0 Å². The molecule has 2 N–H and O–H groups in total. The second-order valence-corrected chi connectivity index (χ2v) is 5.11. The molecular weight excluding hydrogens is 228 g/mol. The maximum Gasteiger partial charge on any atom is 0.172 e. The summed E-state index contributed by atoms with van der Waals surface area (Å²) < 4.78 is 0. The van der Waals surface area contributed by atoms with Crippen molar-refractivity contribution in [2.24, 2.45) is 0 Å². The molecule has 0 spiro atoms. The lowest BCUT2D eigenvalue weighted by atomic mass is 9.96. The number of anilines is 2. The summed E-state index contributed by atoms with van der Waals surface area (Å²) in [5.74, 6) is 0.746. The molecule has 1 saturated heterocycles. The minimum absolute atomic E-state index is 0.0568. The molecule has 2 aliphatic heterocycles. The lowest BCUT2D eigenvalue weighted by molar-refractivity contribution is 0.187. The van der Waals surface area contributed by atoms with Gasteiger partial charge in [0.2, 0.25) is 0 Å². The number of halogens is 1. The van der Waals surface area contributed by atoms with Crippen molar-refractivity contribution < 1.29 is 5.11 Å². The van der Waals surface area contributed by atoms with E-state index in [2.05, 4.69) is 27.3 Å². The molecule has 6 heteroatoms. The molecule has 1 aromatic rings. The van der Waals surface area contributed by atoms with E-state index in [1.165, 1.54) is 0 Å². The highest BCUT2D eigenvalue weighted by Gasteiger charge is 2.45. The number of aliphatic hydroxyl groups excluding tert-OH is 1. The summed E-state index contributed by atoms with van der Waals surface area (Å²) in [5, 5.41) is 21.2. The Kier molecular flexibility index (Phi) is 2.03. The minimum Gasteiger partial charge on any atom is -0.391 e. The maximum atomic E-state index is 9.78. The summed E-state index contributed by atoms with van der Waals surface area (Å²) in [6, 6.07) is 1.80. The highest BCUT2D eigenvalue weighted by Crippen LogP contribution is 2.41. The molecule has 16 heavy (non-hydrogen) atoms. The van der Waals surface area contributed by atoms with Crippen molar-refractivity contribution >= 4 is 23.1 Å². The van der Waals surface area contributed by atoms with Crippen LogP contribution in [0.5, 0.6) is 0 Å². The summed E-state index contributed by atoms with van der Waals surface area (Å²) >= 11 is 5.86. The van der Waals surface area contributed by atoms with Gasteiger partial charge in [0.25, 0.3) is 0 Å². The van der Waals surface area contributed by atoms with E-state index in [-0.39, 0.29) is 11.6 Å². The Morgan fingerprint density at radius 3 is 3.25 bits per heavy atom. The predicted octanol–water partition coefficient (Wildman–Crippen LogP) is 0.885. The van der Waals surface area contributed by atoms with E-state index in [0.29, 0.717) is 11.7 Å². The van der Waals surface area contributed by atoms with Gasteiger partial charge < -0.3 is 15.3 Å². The Morgan fingerprint density at radius 2 is 2.44 bits per heavy atom. The van der Waals surface area contributed by atoms with Gasteiger partial charge in [-0.2, -0.15) is 0 Å². The number of rotatable bonds is 0. The predicted molar refractivity (Wildman–Crippen MR) is 61.9 cm³/mol. The maximum absolute atomic E-state index is 9.78. The molecule has 0 radical (unpaired) electrons. The van der Waals surface area contributed by atoms with E-state index in [1.807, 2.05) is 0 Å². The number of hydrogen-bond acceptors (Lipinski definition) is 5. The first-order valence-corrected chi connectivity index (χ1v) is 5.69. The third kappa shape index (κ3) is 1.35. The zero-order chi connectivity index (χ0) is 11.3. The first-order chi connectivity index (χ1) is 7.58. The number of hydrogen-bond donors (Lipinski definition) is 2. The first-order valence-electron chi connectivity index (χ1n) is 5.31. The van der Waals surface area contributed by atoms with E-state index in [1.54, 1.807) is 6.07 Å². The third-order valence-electron chi connectivity index (χ3n) is 3.39. The number of fused-ring (bicyclic) bond motifs is 3. The number of aliphatic hydroxyl groups is 1. The van der Waals surface area contributed by atoms with Crippen molar-refractivity contribution in [3.8, 4) is 0 Å². The minimum atomic E-state index is -0.287. The summed E-state index contributed by atoms with van der Waals surface area (Å²) in [6.45, 7) is 3.54. The van der Waals surface area contributed by atoms with Crippen molar-refractivity contribution in [2.45, 2.75) is 25.0 Å². The molecule has 0 saturated carbocycles. The molecular formula is C10H13ClN4O. The number of nitrogens with one attached hydrogen (secondary N) is 1. The van der Waals surface area contributed by atoms with Gasteiger partial charge in [0.1, 0.15) is 0 Å². The molecule has 0 amide bonds. The van der Waals surface area contributed by atoms with E-state index < -0.39 is 0 Å². The number of aromatic nitrogens is 2. The standard InChI is InChI=1S/C10H13ClN4O/c1-10-3-6(16)4-15(10)7-2-8(11)13-14-9(7)12-5-10/h2,6,16H,3-5H2,1H3,(H,12,14). The third-order valence-corrected chi connectivity index (χ3v) is 3.58. The van der Waals surface area contributed by atoms with E-state index in [4.69, 9.17) is 11.6 Å². The zero-order valence-corrected chi connectivity index (χ0v) is 9.70. The molecule has 1 aromatic heterocycles. The van der Waals surface area contributed by atoms with Crippen LogP contribution in [0.25, 0.3) is 0 Å². The average molecular weight is 241 g/mol. The Balaban J connectivity index is 2.08. The van der Waals surface area contributed by atoms with Gasteiger partial charge in [-0.1, -0.05) is 11.6 Å². The monoisotopic (exact) mass is 240 g/mol. The van der Waals surface area contributed by atoms with Crippen LogP contribution < -0.4 is 10.2 Å². The summed E-state index contributed by atoms with van der Waals surface area (Å²) in [4.78, 5) is 2.17. The Labute approximate surface area is 98.4 Å². The number of nitrogens with zero attached hydrogens (tertiary/aromatic N) is 3. The van der Waals surface area contributed by atoms with E-state index >= 15 is 0 Å². The zero-order valence-electron chi connectivity index (χ0n) is 8.94. The van der Waals surface area contributed by atoms with Crippen molar-refractivity contribution in [1.82, 2.24) is 10.2 Å². The van der Waals surface area contributed by atoms with E-state index in [9.17, 15) is 5.11 Å². The van der Waals surface area contributed by atoms with Crippen LogP contribution in [0.4, 0.5) is 11.5 Å². The van der Waals surface area contributed by atoms with Gasteiger partial charge in [-0.25, -0.2) is 0 Å². The second-order valence-electron chi connectivity index (χ2n) is 4.72. The van der Waals surface area contributed by atoms with Gasteiger partial charge in [0.15, 0.2) is 11.0 Å². The molecule has 0 aliphatic carbocycles. The molecule has 0 bridgehead atoms. The fourth-order valence-electron chi connectivity index (χ4n) is 2.64. The lowest BCUT2D eigenvalue weighted by Crippen LogP contribution is -2.50. The van der Waals surface area contributed by atoms with Crippen molar-refractivity contribution in [1.29, 1.82) is 0 Å². The molecule has 3 heterocycles. The largest absolute Gasteiger partial charge is 0.391 e. The molecule has 3 rings (SSSR count). The molecule has 86 valence electrons. The molecule has 1 fully saturated rings. The fraction of sp³-hybridized carbons (Fsp3) is 0.600. The first kappa shape index (κ1) is 10.1. The summed E-state index contributed by atoms with van der Waals surface area (Å²) in [5.41, 5.74) is 0.879. The van der Waals surface area contributed by atoms with Crippen molar-refractivity contribution in [3.63, 3.8) is 0 Å². The van der Waals surface area contributed by atoms with Gasteiger partial charge in [-0.3, -0.25) is 0 Å². The van der Waals surface area contributed by atoms with Crippen LogP contribution in [0.2, 0.25) is 5.15 Å². The van der Waals surface area contributed by atoms with Gasteiger partial charge in [-0.15, -0.1) is 10.2 Å². The normalized spacial score (nSPS) is 31.9. The van der Waals surface area contributed by atoms with Gasteiger partial charge >= 0.3 is 0 Å². The van der Waals surface area contributed by atoms with Crippen LogP contribution in [-0.4, -0.2) is 40.0 Å². The van der Waals surface area contributed by atoms with Crippen LogP contribution in [0.3, 0.4) is 0 Å². The van der Waals surface area contributed by atoms with Crippen molar-refractivity contribution in [2.75, 3.05) is 23.3 Å². The smallest absolute Gasteiger partial charge is 0.172 e. The summed E-state index contributed by atoms with van der Waals surface area (Å²) in [6.07, 6.45) is 0.476. The van der Waals surface area contributed by atoms with Crippen LogP contribution in [-0.2, 0) is 0 Å².